The number of hydrogen-bond donors (Lipinski definition) is 0. The molecule has 0 spiro atoms. The molecule has 0 saturated heterocycles. The molecule has 0 bridgehead atoms. The van der Waals surface area contributed by atoms with E-state index in [2.05, 4.69) is 6.58 Å². The summed E-state index contributed by atoms with van der Waals surface area (Å²) in [5, 5.41) is 0. The Kier molecular flexibility index (Phi) is 6.32. The minimum atomic E-state index is -2.98. The summed E-state index contributed by atoms with van der Waals surface area (Å²) in [5.74, 6) is -5.79. The maximum atomic E-state index is 14.8. The minimum absolute atomic E-state index is 0.0199. The summed E-state index contributed by atoms with van der Waals surface area (Å²) in [5.41, 5.74) is 0.206. The van der Waals surface area contributed by atoms with E-state index < -0.39 is 23.5 Å². The molecule has 150 valence electrons. The van der Waals surface area contributed by atoms with E-state index >= 15 is 0 Å². The van der Waals surface area contributed by atoms with Crippen molar-refractivity contribution >= 4 is 0 Å². The standard InChI is InChI=1S/C23H30F4/c1-3-5-16-8-13-20(23(26,27)14-16)19-12-11-18(21(24)22(19)25)17-9-6-15(4-2)7-10-17/h4,11-12,15-17,20H,2-3,5-10,13-14H2,1H3. The smallest absolute Gasteiger partial charge is 0.206 e. The Morgan fingerprint density at radius 2 is 1.63 bits per heavy atom. The highest BCUT2D eigenvalue weighted by atomic mass is 19.3. The first kappa shape index (κ1) is 20.4. The van der Waals surface area contributed by atoms with Crippen LogP contribution in [-0.4, -0.2) is 5.92 Å². The predicted molar refractivity (Wildman–Crippen MR) is 101 cm³/mol. The van der Waals surface area contributed by atoms with Crippen molar-refractivity contribution in [3.63, 3.8) is 0 Å². The van der Waals surface area contributed by atoms with Crippen LogP contribution in [0, 0.1) is 23.5 Å². The van der Waals surface area contributed by atoms with E-state index in [1.807, 2.05) is 13.0 Å². The zero-order chi connectivity index (χ0) is 19.6. The van der Waals surface area contributed by atoms with Gasteiger partial charge in [-0.15, -0.1) is 6.58 Å². The highest BCUT2D eigenvalue weighted by Gasteiger charge is 2.47. The molecule has 2 aliphatic carbocycles. The van der Waals surface area contributed by atoms with E-state index in [-0.39, 0.29) is 30.2 Å². The second-order valence-corrected chi connectivity index (χ2v) is 8.47. The van der Waals surface area contributed by atoms with Crippen molar-refractivity contribution in [2.75, 3.05) is 0 Å². The van der Waals surface area contributed by atoms with E-state index in [0.717, 1.165) is 38.5 Å². The van der Waals surface area contributed by atoms with E-state index in [1.165, 1.54) is 6.07 Å². The van der Waals surface area contributed by atoms with Crippen LogP contribution < -0.4 is 0 Å². The van der Waals surface area contributed by atoms with Gasteiger partial charge in [0, 0.05) is 6.42 Å². The number of allylic oxidation sites excluding steroid dienone is 1. The second-order valence-electron chi connectivity index (χ2n) is 8.47. The number of hydrogen-bond acceptors (Lipinski definition) is 0. The van der Waals surface area contributed by atoms with Gasteiger partial charge in [0.2, 0.25) is 0 Å². The topological polar surface area (TPSA) is 0 Å². The van der Waals surface area contributed by atoms with Crippen LogP contribution in [0.2, 0.25) is 0 Å². The van der Waals surface area contributed by atoms with Crippen LogP contribution >= 0.6 is 0 Å². The van der Waals surface area contributed by atoms with Gasteiger partial charge in [-0.2, -0.15) is 0 Å². The molecule has 0 radical (unpaired) electrons. The zero-order valence-corrected chi connectivity index (χ0v) is 16.1. The number of rotatable bonds is 5. The lowest BCUT2D eigenvalue weighted by molar-refractivity contribution is -0.0745. The molecular formula is C23H30F4. The van der Waals surface area contributed by atoms with Gasteiger partial charge in [-0.05, 0) is 67.4 Å². The lowest BCUT2D eigenvalue weighted by Gasteiger charge is -2.36. The van der Waals surface area contributed by atoms with E-state index in [0.29, 0.717) is 17.9 Å². The molecular weight excluding hydrogens is 352 g/mol. The van der Waals surface area contributed by atoms with Crippen molar-refractivity contribution in [1.29, 1.82) is 0 Å². The average molecular weight is 382 g/mol. The monoisotopic (exact) mass is 382 g/mol. The fourth-order valence-electron chi connectivity index (χ4n) is 5.11. The Morgan fingerprint density at radius 3 is 2.22 bits per heavy atom. The molecule has 1 aromatic carbocycles. The fraction of sp³-hybridized carbons (Fsp3) is 0.652. The third-order valence-corrected chi connectivity index (χ3v) is 6.69. The van der Waals surface area contributed by atoms with Crippen LogP contribution in [0.5, 0.6) is 0 Å². The zero-order valence-electron chi connectivity index (χ0n) is 16.1. The Balaban J connectivity index is 1.80. The van der Waals surface area contributed by atoms with Crippen LogP contribution in [0.3, 0.4) is 0 Å². The normalized spacial score (nSPS) is 30.9. The Morgan fingerprint density at radius 1 is 1.00 bits per heavy atom. The summed E-state index contributed by atoms with van der Waals surface area (Å²) < 4.78 is 59.0. The van der Waals surface area contributed by atoms with Gasteiger partial charge in [0.1, 0.15) is 0 Å². The lowest BCUT2D eigenvalue weighted by atomic mass is 9.73. The maximum Gasteiger partial charge on any atom is 0.255 e. The van der Waals surface area contributed by atoms with E-state index in [1.54, 1.807) is 6.07 Å². The predicted octanol–water partition coefficient (Wildman–Crippen LogP) is 7.74. The molecule has 2 unspecified atom stereocenters. The Bertz CT molecular complexity index is 659. The molecule has 4 heteroatoms. The third kappa shape index (κ3) is 4.25. The van der Waals surface area contributed by atoms with Gasteiger partial charge in [-0.3, -0.25) is 0 Å². The number of alkyl halides is 2. The fourth-order valence-corrected chi connectivity index (χ4v) is 5.11. The molecule has 0 N–H and O–H groups in total. The molecule has 0 aliphatic heterocycles. The van der Waals surface area contributed by atoms with E-state index in [4.69, 9.17) is 0 Å². The summed E-state index contributed by atoms with van der Waals surface area (Å²) >= 11 is 0. The summed E-state index contributed by atoms with van der Waals surface area (Å²) in [4.78, 5) is 0. The van der Waals surface area contributed by atoms with Crippen molar-refractivity contribution in [3.05, 3.63) is 47.5 Å². The Hall–Kier alpha value is -1.32. The van der Waals surface area contributed by atoms with Gasteiger partial charge in [0.05, 0.1) is 5.92 Å². The molecule has 2 aliphatic rings. The average Bonchev–Trinajstić information content (AvgIpc) is 2.64. The molecule has 0 aromatic heterocycles. The van der Waals surface area contributed by atoms with Gasteiger partial charge in [-0.1, -0.05) is 38.0 Å². The number of halogens is 4. The first-order valence-corrected chi connectivity index (χ1v) is 10.4. The maximum absolute atomic E-state index is 14.8. The van der Waals surface area contributed by atoms with Crippen molar-refractivity contribution in [2.45, 2.75) is 82.5 Å². The quantitative estimate of drug-likeness (QED) is 0.361. The highest BCUT2D eigenvalue weighted by Crippen LogP contribution is 2.49. The summed E-state index contributed by atoms with van der Waals surface area (Å²) in [6, 6.07) is 2.98. The van der Waals surface area contributed by atoms with Crippen LogP contribution in [0.15, 0.2) is 24.8 Å². The molecule has 3 rings (SSSR count). The SMILES string of the molecule is C=CC1CCC(c2ccc(C3CCC(CCC)CC3(F)F)c(F)c2F)CC1. The molecule has 27 heavy (non-hydrogen) atoms. The molecule has 0 nitrogen and oxygen atoms in total. The van der Waals surface area contributed by atoms with Gasteiger partial charge in [0.15, 0.2) is 11.6 Å². The van der Waals surface area contributed by atoms with Gasteiger partial charge < -0.3 is 0 Å². The minimum Gasteiger partial charge on any atom is -0.206 e. The van der Waals surface area contributed by atoms with Gasteiger partial charge >= 0.3 is 0 Å². The largest absolute Gasteiger partial charge is 0.255 e. The van der Waals surface area contributed by atoms with Crippen molar-refractivity contribution in [2.24, 2.45) is 11.8 Å². The molecule has 1 aromatic rings. The van der Waals surface area contributed by atoms with Crippen molar-refractivity contribution in [3.8, 4) is 0 Å². The summed E-state index contributed by atoms with van der Waals surface area (Å²) in [6.07, 6.45) is 7.61. The second kappa shape index (κ2) is 8.36. The Labute approximate surface area is 160 Å². The van der Waals surface area contributed by atoms with Crippen LogP contribution in [0.25, 0.3) is 0 Å². The molecule has 0 heterocycles. The number of benzene rings is 1. The first-order chi connectivity index (χ1) is 12.9. The van der Waals surface area contributed by atoms with Gasteiger partial charge in [-0.25, -0.2) is 17.6 Å². The van der Waals surface area contributed by atoms with E-state index in [9.17, 15) is 17.6 Å². The molecule has 0 amide bonds. The lowest BCUT2D eigenvalue weighted by Crippen LogP contribution is -2.35. The summed E-state index contributed by atoms with van der Waals surface area (Å²) in [6.45, 7) is 5.79. The van der Waals surface area contributed by atoms with Crippen LogP contribution in [-0.2, 0) is 0 Å². The van der Waals surface area contributed by atoms with Crippen molar-refractivity contribution in [1.82, 2.24) is 0 Å². The third-order valence-electron chi connectivity index (χ3n) is 6.69. The van der Waals surface area contributed by atoms with Gasteiger partial charge in [0.25, 0.3) is 5.92 Å². The summed E-state index contributed by atoms with van der Waals surface area (Å²) in [7, 11) is 0. The molecule has 2 fully saturated rings. The molecule has 2 atom stereocenters. The first-order valence-electron chi connectivity index (χ1n) is 10.4. The van der Waals surface area contributed by atoms with Crippen molar-refractivity contribution < 1.29 is 17.6 Å². The van der Waals surface area contributed by atoms with Crippen LogP contribution in [0.1, 0.15) is 87.7 Å². The van der Waals surface area contributed by atoms with Crippen LogP contribution in [0.4, 0.5) is 17.6 Å². The highest BCUT2D eigenvalue weighted by molar-refractivity contribution is 5.33. The molecule has 2 saturated carbocycles.